The van der Waals surface area contributed by atoms with Crippen LogP contribution in [0.15, 0.2) is 12.4 Å². The van der Waals surface area contributed by atoms with Crippen LogP contribution in [0, 0.1) is 0 Å². The minimum atomic E-state index is -0.916. The molecule has 1 aliphatic rings. The first-order valence-electron chi connectivity index (χ1n) is 6.64. The Bertz CT molecular complexity index is 435. The minimum Gasteiger partial charge on any atom is -0.481 e. The lowest BCUT2D eigenvalue weighted by Gasteiger charge is -2.33. The average molecular weight is 264 g/mol. The predicted molar refractivity (Wildman–Crippen MR) is 71.9 cm³/mol. The summed E-state index contributed by atoms with van der Waals surface area (Å²) in [6.07, 6.45) is 6.73. The number of piperidine rings is 1. The van der Waals surface area contributed by atoms with E-state index in [-0.39, 0.29) is 6.42 Å². The molecule has 2 atom stereocenters. The van der Waals surface area contributed by atoms with Crippen LogP contribution in [0.4, 0.5) is 5.95 Å². The lowest BCUT2D eigenvalue weighted by atomic mass is 10.0. The van der Waals surface area contributed by atoms with Crippen LogP contribution in [0.25, 0.3) is 0 Å². The first-order chi connectivity index (χ1) is 9.08. The third-order valence-corrected chi connectivity index (χ3v) is 3.54. The Balaban J connectivity index is 2.07. The van der Waals surface area contributed by atoms with E-state index in [1.807, 2.05) is 0 Å². The summed E-state index contributed by atoms with van der Waals surface area (Å²) in [4.78, 5) is 21.4. The maximum absolute atomic E-state index is 10.6. The topological polar surface area (TPSA) is 92.3 Å². The smallest absolute Gasteiger partial charge is 0.305 e. The zero-order valence-electron chi connectivity index (χ0n) is 11.1. The van der Waals surface area contributed by atoms with E-state index in [0.29, 0.717) is 17.6 Å². The number of carbonyl (C=O) groups is 1. The van der Waals surface area contributed by atoms with Crippen molar-refractivity contribution in [3.05, 3.63) is 18.0 Å². The molecule has 0 radical (unpaired) electrons. The molecule has 1 fully saturated rings. The van der Waals surface area contributed by atoms with Gasteiger partial charge in [0.05, 0.1) is 6.42 Å². The van der Waals surface area contributed by atoms with Gasteiger partial charge >= 0.3 is 5.97 Å². The predicted octanol–water partition coefficient (Wildman–Crippen LogP) is 1.33. The van der Waals surface area contributed by atoms with Crippen LogP contribution in [0.3, 0.4) is 0 Å². The van der Waals surface area contributed by atoms with Gasteiger partial charge in [-0.1, -0.05) is 0 Å². The lowest BCUT2D eigenvalue weighted by Crippen LogP contribution is -2.38. The molecule has 1 aromatic rings. The van der Waals surface area contributed by atoms with Gasteiger partial charge < -0.3 is 15.7 Å². The second-order valence-electron chi connectivity index (χ2n) is 5.06. The van der Waals surface area contributed by atoms with E-state index < -0.39 is 12.0 Å². The van der Waals surface area contributed by atoms with Crippen molar-refractivity contribution < 1.29 is 9.90 Å². The summed E-state index contributed by atoms with van der Waals surface area (Å²) in [5, 5.41) is 8.71. The van der Waals surface area contributed by atoms with Gasteiger partial charge in [0.25, 0.3) is 0 Å². The largest absolute Gasteiger partial charge is 0.481 e. The molecule has 6 heteroatoms. The summed E-state index contributed by atoms with van der Waals surface area (Å²) in [5.41, 5.74) is 6.44. The van der Waals surface area contributed by atoms with E-state index >= 15 is 0 Å². The Morgan fingerprint density at radius 2 is 2.21 bits per heavy atom. The second-order valence-corrected chi connectivity index (χ2v) is 5.06. The molecule has 0 bridgehead atoms. The van der Waals surface area contributed by atoms with Crippen molar-refractivity contribution in [1.29, 1.82) is 0 Å². The van der Waals surface area contributed by atoms with Crippen molar-refractivity contribution in [2.45, 2.75) is 44.7 Å². The van der Waals surface area contributed by atoms with Gasteiger partial charge in [0.2, 0.25) is 5.95 Å². The van der Waals surface area contributed by atoms with Crippen molar-refractivity contribution in [3.8, 4) is 0 Å². The van der Waals surface area contributed by atoms with Crippen molar-refractivity contribution in [3.63, 3.8) is 0 Å². The van der Waals surface area contributed by atoms with E-state index in [0.717, 1.165) is 19.4 Å². The molecule has 6 nitrogen and oxygen atoms in total. The zero-order valence-corrected chi connectivity index (χ0v) is 11.1. The highest BCUT2D eigenvalue weighted by Crippen LogP contribution is 2.22. The van der Waals surface area contributed by atoms with Gasteiger partial charge in [0.1, 0.15) is 0 Å². The van der Waals surface area contributed by atoms with Gasteiger partial charge in [0, 0.05) is 36.6 Å². The van der Waals surface area contributed by atoms with E-state index in [1.165, 1.54) is 6.42 Å². The molecule has 0 unspecified atom stereocenters. The number of anilines is 1. The van der Waals surface area contributed by atoms with Crippen LogP contribution in [0.5, 0.6) is 0 Å². The Morgan fingerprint density at radius 3 is 2.79 bits per heavy atom. The third-order valence-electron chi connectivity index (χ3n) is 3.54. The first kappa shape index (κ1) is 13.7. The highest BCUT2D eigenvalue weighted by atomic mass is 16.4. The van der Waals surface area contributed by atoms with Crippen molar-refractivity contribution in [2.75, 3.05) is 11.4 Å². The summed E-state index contributed by atoms with van der Waals surface area (Å²) in [6.45, 7) is 3.15. The molecule has 104 valence electrons. The molecule has 0 amide bonds. The van der Waals surface area contributed by atoms with Gasteiger partial charge in [-0.05, 0) is 26.2 Å². The molecule has 0 aromatic carbocycles. The van der Waals surface area contributed by atoms with Crippen molar-refractivity contribution in [2.24, 2.45) is 5.73 Å². The van der Waals surface area contributed by atoms with Gasteiger partial charge in [0.15, 0.2) is 0 Å². The van der Waals surface area contributed by atoms with Crippen molar-refractivity contribution >= 4 is 11.9 Å². The Labute approximate surface area is 112 Å². The molecule has 19 heavy (non-hydrogen) atoms. The molecule has 2 heterocycles. The number of hydrogen-bond donors (Lipinski definition) is 2. The van der Waals surface area contributed by atoms with Crippen molar-refractivity contribution in [1.82, 2.24) is 9.97 Å². The van der Waals surface area contributed by atoms with Crippen LogP contribution in [-0.2, 0) is 4.79 Å². The Hall–Kier alpha value is -1.69. The number of aromatic nitrogens is 2. The Kier molecular flexibility index (Phi) is 4.31. The van der Waals surface area contributed by atoms with Crippen LogP contribution in [-0.4, -0.2) is 33.6 Å². The number of carboxylic acids is 1. The SMILES string of the molecule is C[C@H]1CCCCN1c1ncc([C@@H](N)CC(=O)O)cn1. The molecule has 0 spiro atoms. The summed E-state index contributed by atoms with van der Waals surface area (Å²) in [6, 6.07) is -0.0994. The molecule has 1 saturated heterocycles. The lowest BCUT2D eigenvalue weighted by molar-refractivity contribution is -0.137. The number of nitrogens with zero attached hydrogens (tertiary/aromatic N) is 3. The molecule has 2 rings (SSSR count). The fraction of sp³-hybridized carbons (Fsp3) is 0.615. The normalized spacial score (nSPS) is 21.2. The molecule has 0 saturated carbocycles. The summed E-state index contributed by atoms with van der Waals surface area (Å²) >= 11 is 0. The number of nitrogens with two attached hydrogens (primary N) is 1. The fourth-order valence-corrected chi connectivity index (χ4v) is 2.37. The van der Waals surface area contributed by atoms with Crippen LogP contribution < -0.4 is 10.6 Å². The quantitative estimate of drug-likeness (QED) is 0.852. The van der Waals surface area contributed by atoms with E-state index in [2.05, 4.69) is 21.8 Å². The van der Waals surface area contributed by atoms with Gasteiger partial charge in [-0.2, -0.15) is 0 Å². The molecular weight excluding hydrogens is 244 g/mol. The number of aliphatic carboxylic acids is 1. The first-order valence-corrected chi connectivity index (χ1v) is 6.64. The number of rotatable bonds is 4. The average Bonchev–Trinajstić information content (AvgIpc) is 2.39. The maximum Gasteiger partial charge on any atom is 0.305 e. The second kappa shape index (κ2) is 5.97. The van der Waals surface area contributed by atoms with E-state index in [1.54, 1.807) is 12.4 Å². The molecular formula is C13H20N4O2. The minimum absolute atomic E-state index is 0.108. The van der Waals surface area contributed by atoms with E-state index in [4.69, 9.17) is 10.8 Å². The van der Waals surface area contributed by atoms with Gasteiger partial charge in [-0.3, -0.25) is 4.79 Å². The number of hydrogen-bond acceptors (Lipinski definition) is 5. The van der Waals surface area contributed by atoms with E-state index in [9.17, 15) is 4.79 Å². The summed E-state index contributed by atoms with van der Waals surface area (Å²) < 4.78 is 0. The molecule has 0 aliphatic carbocycles. The highest BCUT2D eigenvalue weighted by molar-refractivity contribution is 5.67. The molecule has 1 aliphatic heterocycles. The van der Waals surface area contributed by atoms with Gasteiger partial charge in [-0.15, -0.1) is 0 Å². The standard InChI is InChI=1S/C13H20N4O2/c1-9-4-2-3-5-17(9)13-15-7-10(8-16-13)11(14)6-12(18)19/h7-9,11H,2-6,14H2,1H3,(H,18,19)/t9-,11-/m0/s1. The molecule has 3 N–H and O–H groups in total. The fourth-order valence-electron chi connectivity index (χ4n) is 2.37. The monoisotopic (exact) mass is 264 g/mol. The highest BCUT2D eigenvalue weighted by Gasteiger charge is 2.21. The van der Waals surface area contributed by atoms with Crippen LogP contribution in [0.2, 0.25) is 0 Å². The third kappa shape index (κ3) is 3.41. The van der Waals surface area contributed by atoms with Gasteiger partial charge in [-0.25, -0.2) is 9.97 Å². The number of carboxylic acid groups (broad SMARTS) is 1. The zero-order chi connectivity index (χ0) is 13.8. The maximum atomic E-state index is 10.6. The Morgan fingerprint density at radius 1 is 1.53 bits per heavy atom. The molecule has 1 aromatic heterocycles. The summed E-state index contributed by atoms with van der Waals surface area (Å²) in [5.74, 6) is -0.209. The van der Waals surface area contributed by atoms with Crippen LogP contribution >= 0.6 is 0 Å². The van der Waals surface area contributed by atoms with Crippen LogP contribution in [0.1, 0.15) is 44.2 Å². The summed E-state index contributed by atoms with van der Waals surface area (Å²) in [7, 11) is 0.